The molecule has 2 amide bonds. The van der Waals surface area contributed by atoms with Gasteiger partial charge >= 0.3 is 0 Å². The predicted octanol–water partition coefficient (Wildman–Crippen LogP) is 1.88. The standard InChI is InChI=1S/C21H29N5O2/c1-15(2)13-26-10-9-22-21(28)18(26)11-19(27)25(3)14-17-12-23-24-20(17)16-7-5-4-6-8-16/h4-8,12,15,18H,9-11,13-14H2,1-3H3,(H,22,28)(H,23,24)/t18-/m1/s1. The second kappa shape index (κ2) is 9.01. The minimum Gasteiger partial charge on any atom is -0.353 e. The van der Waals surface area contributed by atoms with Crippen LogP contribution in [0.25, 0.3) is 11.3 Å². The lowest BCUT2D eigenvalue weighted by Crippen LogP contribution is -2.57. The highest BCUT2D eigenvalue weighted by Crippen LogP contribution is 2.22. The molecule has 1 aliphatic rings. The van der Waals surface area contributed by atoms with Gasteiger partial charge in [-0.15, -0.1) is 0 Å². The number of benzene rings is 1. The van der Waals surface area contributed by atoms with Crippen LogP contribution in [-0.4, -0.2) is 64.5 Å². The van der Waals surface area contributed by atoms with Crippen molar-refractivity contribution in [3.63, 3.8) is 0 Å². The van der Waals surface area contributed by atoms with Crippen LogP contribution in [0.2, 0.25) is 0 Å². The Bertz CT molecular complexity index is 802. The van der Waals surface area contributed by atoms with Crippen molar-refractivity contribution in [2.24, 2.45) is 5.92 Å². The summed E-state index contributed by atoms with van der Waals surface area (Å²) in [7, 11) is 1.78. The fourth-order valence-corrected chi connectivity index (χ4v) is 3.62. The third-order valence-corrected chi connectivity index (χ3v) is 5.02. The monoisotopic (exact) mass is 383 g/mol. The van der Waals surface area contributed by atoms with Gasteiger partial charge in [0.05, 0.1) is 24.4 Å². The fraction of sp³-hybridized carbons (Fsp3) is 0.476. The first-order valence-corrected chi connectivity index (χ1v) is 9.79. The van der Waals surface area contributed by atoms with Crippen LogP contribution in [0.15, 0.2) is 36.5 Å². The molecule has 2 N–H and O–H groups in total. The number of aromatic nitrogens is 2. The van der Waals surface area contributed by atoms with E-state index in [-0.39, 0.29) is 18.2 Å². The summed E-state index contributed by atoms with van der Waals surface area (Å²) >= 11 is 0. The molecule has 0 aliphatic carbocycles. The summed E-state index contributed by atoms with van der Waals surface area (Å²) in [6.45, 7) is 6.93. The van der Waals surface area contributed by atoms with Crippen LogP contribution in [0.3, 0.4) is 0 Å². The van der Waals surface area contributed by atoms with E-state index in [4.69, 9.17) is 0 Å². The largest absolute Gasteiger partial charge is 0.353 e. The van der Waals surface area contributed by atoms with Crippen LogP contribution in [-0.2, 0) is 16.1 Å². The van der Waals surface area contributed by atoms with E-state index in [1.807, 2.05) is 30.3 Å². The molecule has 0 saturated carbocycles. The number of hydrogen-bond donors (Lipinski definition) is 2. The molecule has 7 nitrogen and oxygen atoms in total. The highest BCUT2D eigenvalue weighted by atomic mass is 16.2. The van der Waals surface area contributed by atoms with E-state index in [0.29, 0.717) is 19.0 Å². The van der Waals surface area contributed by atoms with Gasteiger partial charge in [-0.3, -0.25) is 19.6 Å². The number of nitrogens with one attached hydrogen (secondary N) is 2. The number of amides is 2. The fourth-order valence-electron chi connectivity index (χ4n) is 3.62. The van der Waals surface area contributed by atoms with E-state index < -0.39 is 6.04 Å². The van der Waals surface area contributed by atoms with Crippen LogP contribution in [0.1, 0.15) is 25.8 Å². The first-order valence-electron chi connectivity index (χ1n) is 9.79. The van der Waals surface area contributed by atoms with Crippen LogP contribution < -0.4 is 5.32 Å². The summed E-state index contributed by atoms with van der Waals surface area (Å²) in [5.41, 5.74) is 2.90. The number of carbonyl (C=O) groups excluding carboxylic acids is 2. The third-order valence-electron chi connectivity index (χ3n) is 5.02. The molecule has 28 heavy (non-hydrogen) atoms. The minimum atomic E-state index is -0.399. The van der Waals surface area contributed by atoms with Crippen molar-refractivity contribution in [2.45, 2.75) is 32.9 Å². The molecule has 1 fully saturated rings. The molecule has 1 atom stereocenters. The Balaban J connectivity index is 1.66. The van der Waals surface area contributed by atoms with Crippen molar-refractivity contribution in [1.29, 1.82) is 0 Å². The van der Waals surface area contributed by atoms with Gasteiger partial charge in [-0.2, -0.15) is 5.10 Å². The van der Waals surface area contributed by atoms with Gasteiger partial charge in [-0.1, -0.05) is 44.2 Å². The Kier molecular flexibility index (Phi) is 6.46. The predicted molar refractivity (Wildman–Crippen MR) is 108 cm³/mol. The van der Waals surface area contributed by atoms with Gasteiger partial charge in [0.15, 0.2) is 0 Å². The Hall–Kier alpha value is -2.67. The summed E-state index contributed by atoms with van der Waals surface area (Å²) in [6.07, 6.45) is 1.94. The molecule has 0 unspecified atom stereocenters. The molecule has 0 spiro atoms. The summed E-state index contributed by atoms with van der Waals surface area (Å²) in [4.78, 5) is 29.0. The van der Waals surface area contributed by atoms with E-state index in [2.05, 4.69) is 34.3 Å². The second-order valence-electron chi connectivity index (χ2n) is 7.79. The van der Waals surface area contributed by atoms with Gasteiger partial charge in [0, 0.05) is 38.8 Å². The number of hydrogen-bond acceptors (Lipinski definition) is 4. The summed E-state index contributed by atoms with van der Waals surface area (Å²) in [5.74, 6) is 0.346. The lowest BCUT2D eigenvalue weighted by molar-refractivity contribution is -0.138. The SMILES string of the molecule is CC(C)CN1CCNC(=O)[C@H]1CC(=O)N(C)Cc1cn[nH]c1-c1ccccc1. The van der Waals surface area contributed by atoms with E-state index in [0.717, 1.165) is 29.9 Å². The molecular weight excluding hydrogens is 354 g/mol. The van der Waals surface area contributed by atoms with Crippen molar-refractivity contribution in [2.75, 3.05) is 26.7 Å². The molecule has 3 rings (SSSR count). The lowest BCUT2D eigenvalue weighted by Gasteiger charge is -2.36. The summed E-state index contributed by atoms with van der Waals surface area (Å²) in [5, 5.41) is 10.1. The quantitative estimate of drug-likeness (QED) is 0.765. The zero-order chi connectivity index (χ0) is 20.1. The van der Waals surface area contributed by atoms with Gasteiger partial charge in [0.1, 0.15) is 0 Å². The number of carbonyl (C=O) groups is 2. The van der Waals surface area contributed by atoms with Crippen molar-refractivity contribution in [3.8, 4) is 11.3 Å². The van der Waals surface area contributed by atoms with E-state index in [9.17, 15) is 9.59 Å². The Morgan fingerprint density at radius 2 is 2.07 bits per heavy atom. The third kappa shape index (κ3) is 4.78. The van der Waals surface area contributed by atoms with Crippen LogP contribution in [0.5, 0.6) is 0 Å². The minimum absolute atomic E-state index is 0.0454. The summed E-state index contributed by atoms with van der Waals surface area (Å²) in [6, 6.07) is 9.53. The molecule has 1 saturated heterocycles. The zero-order valence-corrected chi connectivity index (χ0v) is 16.8. The molecular formula is C21H29N5O2. The van der Waals surface area contributed by atoms with Crippen molar-refractivity contribution in [3.05, 3.63) is 42.1 Å². The molecule has 2 aromatic rings. The van der Waals surface area contributed by atoms with E-state index >= 15 is 0 Å². The maximum atomic E-state index is 12.9. The van der Waals surface area contributed by atoms with Crippen LogP contribution in [0, 0.1) is 5.92 Å². The molecule has 1 aromatic carbocycles. The van der Waals surface area contributed by atoms with E-state index in [1.54, 1.807) is 18.1 Å². The van der Waals surface area contributed by atoms with Gasteiger partial charge in [-0.25, -0.2) is 0 Å². The highest BCUT2D eigenvalue weighted by molar-refractivity contribution is 5.88. The molecule has 1 aromatic heterocycles. The average molecular weight is 383 g/mol. The average Bonchev–Trinajstić information content (AvgIpc) is 3.12. The first kappa shape index (κ1) is 20.1. The molecule has 1 aliphatic heterocycles. The Labute approximate surface area is 166 Å². The smallest absolute Gasteiger partial charge is 0.237 e. The Morgan fingerprint density at radius 1 is 1.32 bits per heavy atom. The number of nitrogens with zero attached hydrogens (tertiary/aromatic N) is 3. The maximum Gasteiger partial charge on any atom is 0.237 e. The van der Waals surface area contributed by atoms with E-state index in [1.165, 1.54) is 0 Å². The first-order chi connectivity index (χ1) is 13.5. The topological polar surface area (TPSA) is 81.3 Å². The van der Waals surface area contributed by atoms with Crippen molar-refractivity contribution < 1.29 is 9.59 Å². The van der Waals surface area contributed by atoms with Gasteiger partial charge in [0.2, 0.25) is 11.8 Å². The number of rotatable bonds is 7. The van der Waals surface area contributed by atoms with Crippen molar-refractivity contribution in [1.82, 2.24) is 25.3 Å². The normalized spacial score (nSPS) is 17.6. The number of H-pyrrole nitrogens is 1. The van der Waals surface area contributed by atoms with Gasteiger partial charge < -0.3 is 10.2 Å². The molecule has 7 heteroatoms. The van der Waals surface area contributed by atoms with Crippen LogP contribution >= 0.6 is 0 Å². The molecule has 2 heterocycles. The van der Waals surface area contributed by atoms with Crippen molar-refractivity contribution >= 4 is 11.8 Å². The highest BCUT2D eigenvalue weighted by Gasteiger charge is 2.32. The number of piperazine rings is 1. The van der Waals surface area contributed by atoms with Gasteiger partial charge in [-0.05, 0) is 11.5 Å². The van der Waals surface area contributed by atoms with Gasteiger partial charge in [0.25, 0.3) is 0 Å². The molecule has 0 bridgehead atoms. The Morgan fingerprint density at radius 3 is 2.79 bits per heavy atom. The maximum absolute atomic E-state index is 12.9. The zero-order valence-electron chi connectivity index (χ0n) is 16.8. The second-order valence-corrected chi connectivity index (χ2v) is 7.79. The van der Waals surface area contributed by atoms with Crippen LogP contribution in [0.4, 0.5) is 0 Å². The lowest BCUT2D eigenvalue weighted by atomic mass is 10.0. The molecule has 150 valence electrons. The summed E-state index contributed by atoms with van der Waals surface area (Å²) < 4.78 is 0. The number of aromatic amines is 1. The molecule has 0 radical (unpaired) electrons.